The van der Waals surface area contributed by atoms with Crippen molar-refractivity contribution in [3.8, 4) is 0 Å². The van der Waals surface area contributed by atoms with Crippen molar-refractivity contribution < 1.29 is 10.3 Å². The van der Waals surface area contributed by atoms with E-state index in [1.165, 1.54) is 11.3 Å². The van der Waals surface area contributed by atoms with Gasteiger partial charge in [-0.1, -0.05) is 0 Å². The average Bonchev–Trinajstić information content (AvgIpc) is 2.36. The topological polar surface area (TPSA) is 52.5 Å². The molecule has 1 aromatic rings. The van der Waals surface area contributed by atoms with Crippen LogP contribution in [-0.2, 0) is 0 Å². The smallest absolute Gasteiger partial charge is 0.103 e. The van der Waals surface area contributed by atoms with Crippen LogP contribution in [-0.4, -0.2) is 16.9 Å². The molecule has 0 aliphatic heterocycles. The van der Waals surface area contributed by atoms with Crippen LogP contribution in [0.2, 0.25) is 0 Å². The Labute approximate surface area is 76.8 Å². The summed E-state index contributed by atoms with van der Waals surface area (Å²) in [7, 11) is 0. The van der Waals surface area contributed by atoms with Crippen molar-refractivity contribution in [2.75, 3.05) is 6.54 Å². The average molecular weight is 238 g/mol. The number of hydrogen-bond acceptors (Lipinski definition) is 4. The fourth-order valence-corrected chi connectivity index (χ4v) is 2.10. The zero-order valence-electron chi connectivity index (χ0n) is 5.62. The fourth-order valence-electron chi connectivity index (χ4n) is 0.694. The van der Waals surface area contributed by atoms with Gasteiger partial charge in [-0.3, -0.25) is 0 Å². The van der Waals surface area contributed by atoms with Crippen molar-refractivity contribution in [1.29, 1.82) is 0 Å². The van der Waals surface area contributed by atoms with Crippen molar-refractivity contribution in [2.24, 2.45) is 0 Å². The van der Waals surface area contributed by atoms with Gasteiger partial charge >= 0.3 is 0 Å². The van der Waals surface area contributed by atoms with Gasteiger partial charge in [0.1, 0.15) is 6.10 Å². The lowest BCUT2D eigenvalue weighted by atomic mass is 10.3. The van der Waals surface area contributed by atoms with E-state index >= 15 is 0 Å². The summed E-state index contributed by atoms with van der Waals surface area (Å²) in [6.45, 7) is 0.160. The molecule has 0 fully saturated rings. The summed E-state index contributed by atoms with van der Waals surface area (Å²) in [5.41, 5.74) is 1.92. The van der Waals surface area contributed by atoms with Gasteiger partial charge in [0.25, 0.3) is 0 Å². The Morgan fingerprint density at radius 2 is 2.36 bits per heavy atom. The maximum atomic E-state index is 9.30. The highest BCUT2D eigenvalue weighted by atomic mass is 79.9. The molecule has 62 valence electrons. The zero-order chi connectivity index (χ0) is 8.27. The number of halogens is 1. The molecule has 1 heterocycles. The molecule has 0 spiro atoms. The number of aliphatic hydroxyl groups is 1. The van der Waals surface area contributed by atoms with Gasteiger partial charge in [0.2, 0.25) is 0 Å². The second-order valence-electron chi connectivity index (χ2n) is 2.02. The summed E-state index contributed by atoms with van der Waals surface area (Å²) < 4.78 is 0.976. The SMILES string of the molecule is ONCC(O)c1ccc(Br)s1. The summed E-state index contributed by atoms with van der Waals surface area (Å²) in [5, 5.41) is 17.6. The van der Waals surface area contributed by atoms with Crippen molar-refractivity contribution in [2.45, 2.75) is 6.10 Å². The molecule has 0 saturated carbocycles. The Morgan fingerprint density at radius 3 is 2.82 bits per heavy atom. The molecule has 0 aromatic carbocycles. The zero-order valence-corrected chi connectivity index (χ0v) is 8.02. The van der Waals surface area contributed by atoms with Crippen LogP contribution in [0.5, 0.6) is 0 Å². The third kappa shape index (κ3) is 2.53. The minimum absolute atomic E-state index is 0.160. The lowest BCUT2D eigenvalue weighted by molar-refractivity contribution is 0.0940. The number of nitrogens with one attached hydrogen (secondary N) is 1. The van der Waals surface area contributed by atoms with E-state index in [1.54, 1.807) is 0 Å². The molecule has 3 N–H and O–H groups in total. The highest BCUT2D eigenvalue weighted by Crippen LogP contribution is 2.26. The molecule has 1 aromatic heterocycles. The molecule has 1 atom stereocenters. The summed E-state index contributed by atoms with van der Waals surface area (Å²) in [5.74, 6) is 0. The van der Waals surface area contributed by atoms with Crippen LogP contribution in [0.15, 0.2) is 15.9 Å². The van der Waals surface area contributed by atoms with E-state index in [2.05, 4.69) is 15.9 Å². The Bertz CT molecular complexity index is 228. The first-order chi connectivity index (χ1) is 5.24. The van der Waals surface area contributed by atoms with Crippen LogP contribution in [0.4, 0.5) is 0 Å². The highest BCUT2D eigenvalue weighted by Gasteiger charge is 2.08. The fraction of sp³-hybridized carbons (Fsp3) is 0.333. The molecule has 1 unspecified atom stereocenters. The van der Waals surface area contributed by atoms with Crippen molar-refractivity contribution in [3.05, 3.63) is 20.8 Å². The molecule has 5 heteroatoms. The van der Waals surface area contributed by atoms with E-state index in [-0.39, 0.29) is 6.54 Å². The highest BCUT2D eigenvalue weighted by molar-refractivity contribution is 9.11. The molecule has 0 saturated heterocycles. The normalized spacial score (nSPS) is 13.4. The molecule has 11 heavy (non-hydrogen) atoms. The molecule has 0 aliphatic carbocycles. The molecular formula is C6H8BrNO2S. The first-order valence-electron chi connectivity index (χ1n) is 3.04. The van der Waals surface area contributed by atoms with Crippen LogP contribution in [0.25, 0.3) is 0 Å². The minimum Gasteiger partial charge on any atom is -0.386 e. The van der Waals surface area contributed by atoms with Gasteiger partial charge in [0.05, 0.1) is 10.3 Å². The van der Waals surface area contributed by atoms with Gasteiger partial charge in [-0.15, -0.1) is 11.3 Å². The number of hydroxylamine groups is 1. The predicted molar refractivity (Wildman–Crippen MR) is 46.8 cm³/mol. The number of hydrogen-bond donors (Lipinski definition) is 3. The Hall–Kier alpha value is 0.0600. The lowest BCUT2D eigenvalue weighted by Gasteiger charge is -2.04. The molecule has 3 nitrogen and oxygen atoms in total. The van der Waals surface area contributed by atoms with Gasteiger partial charge in [-0.05, 0) is 28.1 Å². The Balaban J connectivity index is 2.60. The molecular weight excluding hydrogens is 230 g/mol. The van der Waals surface area contributed by atoms with Gasteiger partial charge < -0.3 is 10.3 Å². The van der Waals surface area contributed by atoms with Crippen LogP contribution in [0.3, 0.4) is 0 Å². The molecule has 0 aliphatic rings. The Kier molecular flexibility index (Phi) is 3.47. The summed E-state index contributed by atoms with van der Waals surface area (Å²) in [6.07, 6.45) is -0.628. The van der Waals surface area contributed by atoms with Gasteiger partial charge in [0.15, 0.2) is 0 Å². The number of thiophene rings is 1. The van der Waals surface area contributed by atoms with Gasteiger partial charge in [0, 0.05) is 4.88 Å². The van der Waals surface area contributed by atoms with E-state index in [9.17, 15) is 5.11 Å². The van der Waals surface area contributed by atoms with Crippen LogP contribution in [0.1, 0.15) is 11.0 Å². The molecule has 1 rings (SSSR count). The molecule has 0 bridgehead atoms. The van der Waals surface area contributed by atoms with E-state index in [4.69, 9.17) is 5.21 Å². The maximum absolute atomic E-state index is 9.30. The van der Waals surface area contributed by atoms with Crippen LogP contribution < -0.4 is 5.48 Å². The Morgan fingerprint density at radius 1 is 1.64 bits per heavy atom. The third-order valence-electron chi connectivity index (χ3n) is 1.21. The number of aliphatic hydroxyl groups excluding tert-OH is 1. The van der Waals surface area contributed by atoms with Crippen molar-refractivity contribution >= 4 is 27.3 Å². The summed E-state index contributed by atoms with van der Waals surface area (Å²) >= 11 is 4.73. The largest absolute Gasteiger partial charge is 0.386 e. The van der Waals surface area contributed by atoms with E-state index in [0.717, 1.165) is 8.66 Å². The first-order valence-corrected chi connectivity index (χ1v) is 4.65. The first kappa shape index (κ1) is 9.15. The van der Waals surface area contributed by atoms with E-state index < -0.39 is 6.10 Å². The quantitative estimate of drug-likeness (QED) is 0.700. The predicted octanol–water partition coefficient (Wildman–Crippen LogP) is 1.52. The van der Waals surface area contributed by atoms with E-state index in [0.29, 0.717) is 0 Å². The summed E-state index contributed by atoms with van der Waals surface area (Å²) in [4.78, 5) is 0.832. The third-order valence-corrected chi connectivity index (χ3v) is 2.93. The van der Waals surface area contributed by atoms with Gasteiger partial charge in [-0.25, -0.2) is 5.48 Å². The number of rotatable bonds is 3. The second-order valence-corrected chi connectivity index (χ2v) is 4.51. The second kappa shape index (κ2) is 4.18. The van der Waals surface area contributed by atoms with Gasteiger partial charge in [-0.2, -0.15) is 0 Å². The maximum Gasteiger partial charge on any atom is 0.103 e. The molecule has 0 radical (unpaired) electrons. The molecule has 0 amide bonds. The monoisotopic (exact) mass is 237 g/mol. The van der Waals surface area contributed by atoms with Crippen LogP contribution in [0, 0.1) is 0 Å². The standard InChI is InChI=1S/C6H8BrNO2S/c7-6-2-1-5(11-6)4(9)3-8-10/h1-2,4,8-10H,3H2. The van der Waals surface area contributed by atoms with Crippen molar-refractivity contribution in [3.63, 3.8) is 0 Å². The minimum atomic E-state index is -0.628. The van der Waals surface area contributed by atoms with Crippen LogP contribution >= 0.6 is 27.3 Å². The lowest BCUT2D eigenvalue weighted by Crippen LogP contribution is -2.16. The summed E-state index contributed by atoms with van der Waals surface area (Å²) in [6, 6.07) is 3.68. The van der Waals surface area contributed by atoms with Crippen molar-refractivity contribution in [1.82, 2.24) is 5.48 Å². The van der Waals surface area contributed by atoms with E-state index in [1.807, 2.05) is 17.6 Å².